The summed E-state index contributed by atoms with van der Waals surface area (Å²) in [6, 6.07) is 9.67. The van der Waals surface area contributed by atoms with Crippen molar-refractivity contribution in [2.45, 2.75) is 6.92 Å². The third kappa shape index (κ3) is 2.03. The zero-order valence-corrected chi connectivity index (χ0v) is 10.2. The van der Waals surface area contributed by atoms with Gasteiger partial charge in [0.2, 0.25) is 5.91 Å². The summed E-state index contributed by atoms with van der Waals surface area (Å²) in [5.74, 6) is 0.298. The fourth-order valence-electron chi connectivity index (χ4n) is 1.87. The summed E-state index contributed by atoms with van der Waals surface area (Å²) >= 11 is 0. The number of fused-ring (bicyclic) bond motifs is 1. The molecule has 1 aromatic carbocycles. The Morgan fingerprint density at radius 3 is 2.74 bits per heavy atom. The molecule has 3 rings (SSSR count). The highest BCUT2D eigenvalue weighted by atomic mass is 16.1. The summed E-state index contributed by atoms with van der Waals surface area (Å²) in [6.07, 6.45) is 3.06. The number of hydrogen-bond donors (Lipinski definition) is 1. The van der Waals surface area contributed by atoms with Crippen LogP contribution < -0.4 is 5.32 Å². The average molecular weight is 253 g/mol. The third-order valence-electron chi connectivity index (χ3n) is 2.66. The Morgan fingerprint density at radius 2 is 2.00 bits per heavy atom. The monoisotopic (exact) mass is 253 g/mol. The van der Waals surface area contributed by atoms with Gasteiger partial charge >= 0.3 is 0 Å². The molecular formula is C13H11N5O. The molecular weight excluding hydrogens is 242 g/mol. The lowest BCUT2D eigenvalue weighted by Crippen LogP contribution is -2.08. The molecule has 1 amide bonds. The summed E-state index contributed by atoms with van der Waals surface area (Å²) in [5.41, 5.74) is 1.56. The van der Waals surface area contributed by atoms with Crippen LogP contribution in [0.4, 0.5) is 5.82 Å². The van der Waals surface area contributed by atoms with Crippen molar-refractivity contribution in [3.05, 3.63) is 42.9 Å². The molecule has 0 saturated heterocycles. The largest absolute Gasteiger partial charge is 0.310 e. The summed E-state index contributed by atoms with van der Waals surface area (Å²) in [4.78, 5) is 19.4. The summed E-state index contributed by atoms with van der Waals surface area (Å²) in [7, 11) is 0. The molecule has 2 aromatic heterocycles. The van der Waals surface area contributed by atoms with Crippen molar-refractivity contribution < 1.29 is 4.79 Å². The second kappa shape index (κ2) is 4.49. The zero-order valence-electron chi connectivity index (χ0n) is 10.2. The van der Waals surface area contributed by atoms with Crippen LogP contribution in [0.2, 0.25) is 0 Å². The Labute approximate surface area is 109 Å². The molecule has 2 heterocycles. The Balaban J connectivity index is 2.17. The van der Waals surface area contributed by atoms with Gasteiger partial charge < -0.3 is 5.32 Å². The summed E-state index contributed by atoms with van der Waals surface area (Å²) in [5, 5.41) is 7.68. The van der Waals surface area contributed by atoms with Crippen LogP contribution in [-0.4, -0.2) is 25.7 Å². The van der Waals surface area contributed by atoms with E-state index < -0.39 is 0 Å². The van der Waals surface area contributed by atoms with Crippen LogP contribution in [0.3, 0.4) is 0 Å². The molecule has 0 aliphatic rings. The van der Waals surface area contributed by atoms with Crippen molar-refractivity contribution >= 4 is 22.8 Å². The standard InChI is InChI=1S/C13H11N5O/c1-9(19)17-12-11-7-16-18(13(11)15-8-14-12)10-5-3-2-4-6-10/h2-8H,1H3,(H,14,15,17,19). The van der Waals surface area contributed by atoms with E-state index in [1.165, 1.54) is 13.3 Å². The molecule has 6 heteroatoms. The van der Waals surface area contributed by atoms with E-state index in [2.05, 4.69) is 20.4 Å². The number of carbonyl (C=O) groups excluding carboxylic acids is 1. The molecule has 0 fully saturated rings. The number of hydrogen-bond acceptors (Lipinski definition) is 4. The minimum absolute atomic E-state index is 0.174. The van der Waals surface area contributed by atoms with Crippen LogP contribution in [0.25, 0.3) is 16.7 Å². The predicted molar refractivity (Wildman–Crippen MR) is 71.0 cm³/mol. The van der Waals surface area contributed by atoms with Crippen molar-refractivity contribution in [3.8, 4) is 5.69 Å². The van der Waals surface area contributed by atoms with Crippen LogP contribution in [-0.2, 0) is 4.79 Å². The molecule has 0 aliphatic carbocycles. The molecule has 0 atom stereocenters. The second-order valence-corrected chi connectivity index (χ2v) is 4.03. The van der Waals surface area contributed by atoms with Gasteiger partial charge in [-0.05, 0) is 12.1 Å². The Kier molecular flexibility index (Phi) is 2.68. The van der Waals surface area contributed by atoms with Crippen LogP contribution in [0.15, 0.2) is 42.9 Å². The molecule has 0 unspecified atom stereocenters. The number of nitrogens with zero attached hydrogens (tertiary/aromatic N) is 4. The van der Waals surface area contributed by atoms with E-state index in [0.29, 0.717) is 16.9 Å². The minimum atomic E-state index is -0.174. The van der Waals surface area contributed by atoms with Gasteiger partial charge in [-0.15, -0.1) is 0 Å². The molecule has 0 spiro atoms. The van der Waals surface area contributed by atoms with Gasteiger partial charge in [-0.1, -0.05) is 18.2 Å². The molecule has 3 aromatic rings. The quantitative estimate of drug-likeness (QED) is 0.755. The fourth-order valence-corrected chi connectivity index (χ4v) is 1.87. The highest BCUT2D eigenvalue weighted by Gasteiger charge is 2.11. The molecule has 6 nitrogen and oxygen atoms in total. The molecule has 1 N–H and O–H groups in total. The highest BCUT2D eigenvalue weighted by molar-refractivity contribution is 5.97. The maximum Gasteiger partial charge on any atom is 0.222 e. The number of rotatable bonds is 2. The van der Waals surface area contributed by atoms with Gasteiger partial charge in [-0.3, -0.25) is 4.79 Å². The van der Waals surface area contributed by atoms with Gasteiger partial charge in [0.15, 0.2) is 5.65 Å². The lowest BCUT2D eigenvalue weighted by atomic mass is 10.3. The number of para-hydroxylation sites is 1. The molecule has 94 valence electrons. The van der Waals surface area contributed by atoms with E-state index in [1.54, 1.807) is 10.9 Å². The van der Waals surface area contributed by atoms with Crippen molar-refractivity contribution in [3.63, 3.8) is 0 Å². The molecule has 0 bridgehead atoms. The van der Waals surface area contributed by atoms with Crippen LogP contribution in [0.1, 0.15) is 6.92 Å². The lowest BCUT2D eigenvalue weighted by molar-refractivity contribution is -0.114. The van der Waals surface area contributed by atoms with Gasteiger partial charge in [0.05, 0.1) is 17.3 Å². The molecule has 0 aliphatic heterocycles. The zero-order chi connectivity index (χ0) is 13.2. The van der Waals surface area contributed by atoms with Gasteiger partial charge in [0, 0.05) is 6.92 Å². The maximum atomic E-state index is 11.1. The smallest absolute Gasteiger partial charge is 0.222 e. The van der Waals surface area contributed by atoms with E-state index in [0.717, 1.165) is 5.69 Å². The van der Waals surface area contributed by atoms with Crippen molar-refractivity contribution in [1.82, 2.24) is 19.7 Å². The third-order valence-corrected chi connectivity index (χ3v) is 2.66. The molecule has 0 radical (unpaired) electrons. The maximum absolute atomic E-state index is 11.1. The number of nitrogens with one attached hydrogen (secondary N) is 1. The van der Waals surface area contributed by atoms with Crippen LogP contribution in [0, 0.1) is 0 Å². The first-order valence-electron chi connectivity index (χ1n) is 5.77. The number of anilines is 1. The molecule has 0 saturated carbocycles. The van der Waals surface area contributed by atoms with Crippen LogP contribution >= 0.6 is 0 Å². The predicted octanol–water partition coefficient (Wildman–Crippen LogP) is 1.77. The second-order valence-electron chi connectivity index (χ2n) is 4.03. The van der Waals surface area contributed by atoms with Crippen molar-refractivity contribution in [2.24, 2.45) is 0 Å². The summed E-state index contributed by atoms with van der Waals surface area (Å²) < 4.78 is 1.71. The van der Waals surface area contributed by atoms with E-state index in [-0.39, 0.29) is 5.91 Å². The topological polar surface area (TPSA) is 72.7 Å². The van der Waals surface area contributed by atoms with E-state index >= 15 is 0 Å². The van der Waals surface area contributed by atoms with Crippen molar-refractivity contribution in [2.75, 3.05) is 5.32 Å². The Bertz CT molecular complexity index is 735. The van der Waals surface area contributed by atoms with Gasteiger partial charge in [0.25, 0.3) is 0 Å². The Hall–Kier alpha value is -2.76. The molecule has 19 heavy (non-hydrogen) atoms. The lowest BCUT2D eigenvalue weighted by Gasteiger charge is -2.04. The number of amides is 1. The van der Waals surface area contributed by atoms with E-state index in [4.69, 9.17) is 0 Å². The van der Waals surface area contributed by atoms with Crippen molar-refractivity contribution in [1.29, 1.82) is 0 Å². The first-order chi connectivity index (χ1) is 9.25. The minimum Gasteiger partial charge on any atom is -0.310 e. The number of carbonyl (C=O) groups is 1. The first kappa shape index (κ1) is 11.3. The number of aromatic nitrogens is 4. The van der Waals surface area contributed by atoms with Gasteiger partial charge in [0.1, 0.15) is 12.1 Å². The Morgan fingerprint density at radius 1 is 1.21 bits per heavy atom. The SMILES string of the molecule is CC(=O)Nc1ncnc2c1cnn2-c1ccccc1. The normalized spacial score (nSPS) is 10.6. The first-order valence-corrected chi connectivity index (χ1v) is 5.77. The van der Waals surface area contributed by atoms with Gasteiger partial charge in [-0.25, -0.2) is 14.6 Å². The van der Waals surface area contributed by atoms with E-state index in [1.807, 2.05) is 30.3 Å². The summed E-state index contributed by atoms with van der Waals surface area (Å²) in [6.45, 7) is 1.44. The number of benzene rings is 1. The highest BCUT2D eigenvalue weighted by Crippen LogP contribution is 2.21. The van der Waals surface area contributed by atoms with Crippen LogP contribution in [0.5, 0.6) is 0 Å². The fraction of sp³-hybridized carbons (Fsp3) is 0.0769. The van der Waals surface area contributed by atoms with Gasteiger partial charge in [-0.2, -0.15) is 5.10 Å². The average Bonchev–Trinajstić information content (AvgIpc) is 2.84. The van der Waals surface area contributed by atoms with E-state index in [9.17, 15) is 4.79 Å².